The summed E-state index contributed by atoms with van der Waals surface area (Å²) in [5.41, 5.74) is 3.20. The summed E-state index contributed by atoms with van der Waals surface area (Å²) < 4.78 is 5.55. The molecule has 0 bridgehead atoms. The molecule has 1 fully saturated rings. The third-order valence-electron chi connectivity index (χ3n) is 4.98. The van der Waals surface area contributed by atoms with Gasteiger partial charge < -0.3 is 9.64 Å². The second kappa shape index (κ2) is 9.30. The van der Waals surface area contributed by atoms with Crippen molar-refractivity contribution < 1.29 is 9.53 Å². The highest BCUT2D eigenvalue weighted by Gasteiger charge is 2.22. The highest BCUT2D eigenvalue weighted by Crippen LogP contribution is 2.16. The van der Waals surface area contributed by atoms with Crippen LogP contribution in [0, 0.1) is 0 Å². The number of benzene rings is 1. The smallest absolute Gasteiger partial charge is 0.410 e. The minimum atomic E-state index is -0.292. The Bertz CT molecular complexity index is 909. The summed E-state index contributed by atoms with van der Waals surface area (Å²) in [6.07, 6.45) is 4.07. The van der Waals surface area contributed by atoms with E-state index in [1.807, 2.05) is 66.9 Å². The number of aromatic nitrogens is 2. The Morgan fingerprint density at radius 3 is 2.10 bits per heavy atom. The van der Waals surface area contributed by atoms with E-state index >= 15 is 0 Å². The van der Waals surface area contributed by atoms with E-state index < -0.39 is 0 Å². The topological polar surface area (TPSA) is 58.6 Å². The predicted octanol–water partition coefficient (Wildman–Crippen LogP) is 3.38. The van der Waals surface area contributed by atoms with E-state index in [0.717, 1.165) is 43.0 Å². The number of rotatable bonds is 5. The maximum absolute atomic E-state index is 12.5. The molecule has 0 spiro atoms. The van der Waals surface area contributed by atoms with Crippen LogP contribution in [0.2, 0.25) is 0 Å². The van der Waals surface area contributed by atoms with Crippen LogP contribution in [0.15, 0.2) is 73.1 Å². The summed E-state index contributed by atoms with van der Waals surface area (Å²) in [4.78, 5) is 25.2. The Morgan fingerprint density at radius 2 is 1.48 bits per heavy atom. The van der Waals surface area contributed by atoms with E-state index in [1.54, 1.807) is 11.1 Å². The zero-order valence-corrected chi connectivity index (χ0v) is 16.3. The lowest BCUT2D eigenvalue weighted by atomic mass is 10.1. The first-order valence-electron chi connectivity index (χ1n) is 9.84. The van der Waals surface area contributed by atoms with Gasteiger partial charge in [-0.05, 0) is 42.0 Å². The minimum absolute atomic E-state index is 0.292. The molecule has 1 aliphatic rings. The number of ether oxygens (including phenoxy) is 1. The van der Waals surface area contributed by atoms with Gasteiger partial charge >= 0.3 is 6.09 Å². The van der Waals surface area contributed by atoms with Gasteiger partial charge in [0.2, 0.25) is 0 Å². The van der Waals surface area contributed by atoms with Crippen molar-refractivity contribution in [2.75, 3.05) is 26.2 Å². The van der Waals surface area contributed by atoms with Gasteiger partial charge in [0.05, 0.1) is 5.69 Å². The summed E-state index contributed by atoms with van der Waals surface area (Å²) in [6.45, 7) is 3.75. The van der Waals surface area contributed by atoms with Gasteiger partial charge in [0.25, 0.3) is 0 Å². The molecule has 1 amide bonds. The van der Waals surface area contributed by atoms with Crippen molar-refractivity contribution in [2.24, 2.45) is 0 Å². The third-order valence-corrected chi connectivity index (χ3v) is 4.98. The van der Waals surface area contributed by atoms with Gasteiger partial charge in [-0.2, -0.15) is 0 Å². The second-order valence-corrected chi connectivity index (χ2v) is 7.09. The molecular weight excluding hydrogens is 364 g/mol. The van der Waals surface area contributed by atoms with E-state index in [2.05, 4.69) is 14.9 Å². The standard InChI is InChI=1S/C23H24N4O2/c28-23(27-15-13-26(14-16-27)18-21-6-2-4-12-25-21)29-22-9-7-19(8-10-22)17-20-5-1-3-11-24-20/h1-12H,13-18H2. The van der Waals surface area contributed by atoms with Gasteiger partial charge in [0, 0.05) is 57.2 Å². The molecule has 6 heteroatoms. The van der Waals surface area contributed by atoms with Crippen molar-refractivity contribution in [2.45, 2.75) is 13.0 Å². The lowest BCUT2D eigenvalue weighted by Crippen LogP contribution is -2.49. The number of carbonyl (C=O) groups excluding carboxylic acids is 1. The largest absolute Gasteiger partial charge is 0.415 e. The van der Waals surface area contributed by atoms with Crippen LogP contribution in [0.4, 0.5) is 4.79 Å². The SMILES string of the molecule is O=C(Oc1ccc(Cc2ccccn2)cc1)N1CCN(Cc2ccccn2)CC1. The Morgan fingerprint density at radius 1 is 0.828 bits per heavy atom. The van der Waals surface area contributed by atoms with Crippen LogP contribution in [-0.2, 0) is 13.0 Å². The molecular formula is C23H24N4O2. The van der Waals surface area contributed by atoms with E-state index in [9.17, 15) is 4.79 Å². The van der Waals surface area contributed by atoms with Crippen LogP contribution in [-0.4, -0.2) is 52.0 Å². The number of carbonyl (C=O) groups is 1. The number of amides is 1. The Kier molecular flexibility index (Phi) is 6.12. The van der Waals surface area contributed by atoms with Gasteiger partial charge in [0.15, 0.2) is 0 Å². The average molecular weight is 388 g/mol. The van der Waals surface area contributed by atoms with Crippen molar-refractivity contribution >= 4 is 6.09 Å². The maximum atomic E-state index is 12.5. The zero-order valence-electron chi connectivity index (χ0n) is 16.3. The zero-order chi connectivity index (χ0) is 19.9. The molecule has 0 unspecified atom stereocenters. The molecule has 29 heavy (non-hydrogen) atoms. The van der Waals surface area contributed by atoms with E-state index in [1.165, 1.54) is 0 Å². The van der Waals surface area contributed by atoms with Gasteiger partial charge in [-0.3, -0.25) is 14.9 Å². The number of hydrogen-bond donors (Lipinski definition) is 0. The molecule has 4 rings (SSSR count). The highest BCUT2D eigenvalue weighted by molar-refractivity contribution is 5.70. The third kappa shape index (κ3) is 5.39. The molecule has 2 aromatic heterocycles. The molecule has 0 N–H and O–H groups in total. The molecule has 3 heterocycles. The molecule has 1 aromatic carbocycles. The second-order valence-electron chi connectivity index (χ2n) is 7.09. The molecule has 0 radical (unpaired) electrons. The van der Waals surface area contributed by atoms with Crippen molar-refractivity contribution in [3.05, 3.63) is 90.0 Å². The van der Waals surface area contributed by atoms with Crippen molar-refractivity contribution in [1.29, 1.82) is 0 Å². The first kappa shape index (κ1) is 19.1. The molecule has 0 saturated carbocycles. The lowest BCUT2D eigenvalue weighted by Gasteiger charge is -2.33. The Balaban J connectivity index is 1.25. The minimum Gasteiger partial charge on any atom is -0.410 e. The van der Waals surface area contributed by atoms with Crippen molar-refractivity contribution in [1.82, 2.24) is 19.8 Å². The van der Waals surface area contributed by atoms with E-state index in [-0.39, 0.29) is 6.09 Å². The van der Waals surface area contributed by atoms with Crippen LogP contribution in [0.5, 0.6) is 5.75 Å². The molecule has 1 aliphatic heterocycles. The molecule has 0 atom stereocenters. The molecule has 6 nitrogen and oxygen atoms in total. The van der Waals surface area contributed by atoms with Crippen LogP contribution >= 0.6 is 0 Å². The van der Waals surface area contributed by atoms with Crippen molar-refractivity contribution in [3.63, 3.8) is 0 Å². The summed E-state index contributed by atoms with van der Waals surface area (Å²) in [7, 11) is 0. The van der Waals surface area contributed by atoms with Crippen LogP contribution in [0.1, 0.15) is 17.0 Å². The maximum Gasteiger partial charge on any atom is 0.415 e. The first-order valence-corrected chi connectivity index (χ1v) is 9.84. The van der Waals surface area contributed by atoms with Crippen LogP contribution < -0.4 is 4.74 Å². The number of piperazine rings is 1. The number of hydrogen-bond acceptors (Lipinski definition) is 5. The summed E-state index contributed by atoms with van der Waals surface area (Å²) in [5, 5.41) is 0. The fraction of sp³-hybridized carbons (Fsp3) is 0.261. The Labute approximate surface area is 170 Å². The monoisotopic (exact) mass is 388 g/mol. The summed E-state index contributed by atoms with van der Waals surface area (Å²) in [6, 6.07) is 19.5. The highest BCUT2D eigenvalue weighted by atomic mass is 16.6. The van der Waals surface area contributed by atoms with Crippen LogP contribution in [0.25, 0.3) is 0 Å². The average Bonchev–Trinajstić information content (AvgIpc) is 2.77. The van der Waals surface area contributed by atoms with Gasteiger partial charge in [-0.25, -0.2) is 4.79 Å². The Hall–Kier alpha value is -3.25. The van der Waals surface area contributed by atoms with Gasteiger partial charge in [-0.15, -0.1) is 0 Å². The number of nitrogens with zero attached hydrogens (tertiary/aromatic N) is 4. The molecule has 1 saturated heterocycles. The normalized spacial score (nSPS) is 14.6. The quantitative estimate of drug-likeness (QED) is 0.671. The molecule has 3 aromatic rings. The number of pyridine rings is 2. The fourth-order valence-corrected chi connectivity index (χ4v) is 3.36. The summed E-state index contributed by atoms with van der Waals surface area (Å²) in [5.74, 6) is 0.565. The summed E-state index contributed by atoms with van der Waals surface area (Å²) >= 11 is 0. The van der Waals surface area contributed by atoms with E-state index in [0.29, 0.717) is 18.8 Å². The van der Waals surface area contributed by atoms with Gasteiger partial charge in [-0.1, -0.05) is 24.3 Å². The first-order chi connectivity index (χ1) is 14.3. The van der Waals surface area contributed by atoms with E-state index in [4.69, 9.17) is 4.74 Å². The lowest BCUT2D eigenvalue weighted by molar-refractivity contribution is 0.107. The molecule has 0 aliphatic carbocycles. The van der Waals surface area contributed by atoms with Crippen molar-refractivity contribution in [3.8, 4) is 5.75 Å². The molecule has 148 valence electrons. The fourth-order valence-electron chi connectivity index (χ4n) is 3.36. The predicted molar refractivity (Wildman–Crippen MR) is 111 cm³/mol. The van der Waals surface area contributed by atoms with Gasteiger partial charge in [0.1, 0.15) is 5.75 Å². The van der Waals surface area contributed by atoms with Crippen LogP contribution in [0.3, 0.4) is 0 Å².